The summed E-state index contributed by atoms with van der Waals surface area (Å²) in [6.07, 6.45) is 0. The minimum Gasteiger partial charge on any atom is -0.477 e. The number of aromatic carboxylic acids is 1. The Morgan fingerprint density at radius 3 is 2.41 bits per heavy atom. The van der Waals surface area contributed by atoms with Crippen molar-refractivity contribution in [3.05, 3.63) is 33.7 Å². The Morgan fingerprint density at radius 1 is 1.27 bits per heavy atom. The highest BCUT2D eigenvalue weighted by atomic mass is 16.4. The van der Waals surface area contributed by atoms with Crippen LogP contribution in [-0.4, -0.2) is 33.7 Å². The van der Waals surface area contributed by atoms with Crippen LogP contribution in [0.1, 0.15) is 36.8 Å². The topological polar surface area (TPSA) is 75.4 Å². The van der Waals surface area contributed by atoms with Crippen LogP contribution in [0.25, 0.3) is 11.0 Å². The Bertz CT molecular complexity index is 776. The van der Waals surface area contributed by atoms with Crippen LogP contribution in [0.5, 0.6) is 0 Å². The third-order valence-corrected chi connectivity index (χ3v) is 3.83. The molecule has 6 heteroatoms. The van der Waals surface area contributed by atoms with Crippen LogP contribution >= 0.6 is 0 Å². The maximum atomic E-state index is 12.6. The number of hydrogen-bond acceptors (Lipinski definition) is 4. The summed E-state index contributed by atoms with van der Waals surface area (Å²) in [7, 11) is 0. The summed E-state index contributed by atoms with van der Waals surface area (Å²) >= 11 is 0. The monoisotopic (exact) mass is 303 g/mol. The standard InChI is InChI=1S/C16H21N3O3/c1-5-18(6-2)13-11-9-8-10(4)17-14(11)19(7-3)15(20)12(13)16(21)22/h8-9H,5-7H2,1-4H3,(H,21,22). The first-order valence-electron chi connectivity index (χ1n) is 7.48. The molecule has 1 N–H and O–H groups in total. The summed E-state index contributed by atoms with van der Waals surface area (Å²) in [6, 6.07) is 3.69. The predicted octanol–water partition coefficient (Wildman–Crippen LogP) is 2.27. The predicted molar refractivity (Wildman–Crippen MR) is 86.9 cm³/mol. The molecule has 0 atom stereocenters. The van der Waals surface area contributed by atoms with Crippen LogP contribution in [-0.2, 0) is 6.54 Å². The van der Waals surface area contributed by atoms with Crippen LogP contribution in [0, 0.1) is 6.92 Å². The molecule has 0 aliphatic carbocycles. The summed E-state index contributed by atoms with van der Waals surface area (Å²) in [6.45, 7) is 9.16. The first kappa shape index (κ1) is 16.0. The number of carboxylic acid groups (broad SMARTS) is 1. The fraction of sp³-hybridized carbons (Fsp3) is 0.438. The number of aromatic nitrogens is 2. The molecule has 2 aromatic heterocycles. The van der Waals surface area contributed by atoms with Gasteiger partial charge in [-0.2, -0.15) is 0 Å². The van der Waals surface area contributed by atoms with E-state index in [1.54, 1.807) is 0 Å². The minimum absolute atomic E-state index is 0.177. The van der Waals surface area contributed by atoms with Crippen LogP contribution in [0.15, 0.2) is 16.9 Å². The van der Waals surface area contributed by atoms with Crippen molar-refractivity contribution in [1.29, 1.82) is 0 Å². The minimum atomic E-state index is -1.20. The van der Waals surface area contributed by atoms with Gasteiger partial charge in [0.05, 0.1) is 5.69 Å². The number of fused-ring (bicyclic) bond motifs is 1. The lowest BCUT2D eigenvalue weighted by Gasteiger charge is -2.25. The second kappa shape index (κ2) is 6.17. The van der Waals surface area contributed by atoms with E-state index >= 15 is 0 Å². The summed E-state index contributed by atoms with van der Waals surface area (Å²) in [4.78, 5) is 30.7. The van der Waals surface area contributed by atoms with Crippen molar-refractivity contribution in [1.82, 2.24) is 9.55 Å². The molecule has 22 heavy (non-hydrogen) atoms. The molecule has 0 bridgehead atoms. The summed E-state index contributed by atoms with van der Waals surface area (Å²) in [5.41, 5.74) is 1.13. The van der Waals surface area contributed by atoms with Crippen molar-refractivity contribution in [2.45, 2.75) is 34.2 Å². The zero-order valence-electron chi connectivity index (χ0n) is 13.4. The molecule has 6 nitrogen and oxygen atoms in total. The normalized spacial score (nSPS) is 10.9. The van der Waals surface area contributed by atoms with Gasteiger partial charge in [0.25, 0.3) is 5.56 Å². The fourth-order valence-corrected chi connectivity index (χ4v) is 2.76. The van der Waals surface area contributed by atoms with E-state index in [0.29, 0.717) is 36.4 Å². The number of pyridine rings is 2. The molecule has 2 rings (SSSR count). The van der Waals surface area contributed by atoms with E-state index in [9.17, 15) is 14.7 Å². The Labute approximate surface area is 129 Å². The zero-order chi connectivity index (χ0) is 16.4. The summed E-state index contributed by atoms with van der Waals surface area (Å²) < 4.78 is 1.43. The van der Waals surface area contributed by atoms with E-state index in [0.717, 1.165) is 5.69 Å². The van der Waals surface area contributed by atoms with Crippen LogP contribution < -0.4 is 10.5 Å². The highest BCUT2D eigenvalue weighted by molar-refractivity contribution is 6.03. The van der Waals surface area contributed by atoms with E-state index in [2.05, 4.69) is 4.98 Å². The molecule has 0 saturated heterocycles. The second-order valence-corrected chi connectivity index (χ2v) is 5.07. The lowest BCUT2D eigenvalue weighted by atomic mass is 10.1. The number of rotatable bonds is 5. The molecule has 0 fully saturated rings. The third-order valence-electron chi connectivity index (χ3n) is 3.83. The molecule has 0 saturated carbocycles. The highest BCUT2D eigenvalue weighted by Gasteiger charge is 2.24. The average molecular weight is 303 g/mol. The van der Waals surface area contributed by atoms with Gasteiger partial charge in [0.2, 0.25) is 0 Å². The van der Waals surface area contributed by atoms with Gasteiger partial charge < -0.3 is 10.0 Å². The molecule has 0 radical (unpaired) electrons. The van der Waals surface area contributed by atoms with Gasteiger partial charge in [-0.3, -0.25) is 9.36 Å². The Morgan fingerprint density at radius 2 is 1.91 bits per heavy atom. The largest absolute Gasteiger partial charge is 0.477 e. The molecule has 2 aromatic rings. The Balaban J connectivity index is 3.05. The second-order valence-electron chi connectivity index (χ2n) is 5.07. The Kier molecular flexibility index (Phi) is 4.49. The van der Waals surface area contributed by atoms with Crippen molar-refractivity contribution in [2.24, 2.45) is 0 Å². The molecule has 0 aliphatic rings. The van der Waals surface area contributed by atoms with Gasteiger partial charge in [0.1, 0.15) is 11.2 Å². The molecule has 0 amide bonds. The number of aryl methyl sites for hydroxylation is 2. The van der Waals surface area contributed by atoms with E-state index in [1.165, 1.54) is 4.57 Å². The van der Waals surface area contributed by atoms with Gasteiger partial charge in [0.15, 0.2) is 0 Å². The van der Waals surface area contributed by atoms with E-state index in [4.69, 9.17) is 0 Å². The fourth-order valence-electron chi connectivity index (χ4n) is 2.76. The Hall–Kier alpha value is -2.37. The molecule has 118 valence electrons. The number of anilines is 1. The van der Waals surface area contributed by atoms with Crippen molar-refractivity contribution in [2.75, 3.05) is 18.0 Å². The summed E-state index contributed by atoms with van der Waals surface area (Å²) in [5, 5.41) is 10.3. The number of hydrogen-bond donors (Lipinski definition) is 1. The SMILES string of the molecule is CCN(CC)c1c(C(=O)O)c(=O)n(CC)c2nc(C)ccc12. The molecule has 0 aromatic carbocycles. The number of carbonyl (C=O) groups is 1. The zero-order valence-corrected chi connectivity index (χ0v) is 13.4. The average Bonchev–Trinajstić information content (AvgIpc) is 2.48. The van der Waals surface area contributed by atoms with Crippen LogP contribution in [0.4, 0.5) is 5.69 Å². The van der Waals surface area contributed by atoms with Gasteiger partial charge in [0, 0.05) is 30.7 Å². The number of nitrogens with zero attached hydrogens (tertiary/aromatic N) is 3. The van der Waals surface area contributed by atoms with Gasteiger partial charge in [-0.25, -0.2) is 9.78 Å². The molecule has 0 aliphatic heterocycles. The molecular weight excluding hydrogens is 282 g/mol. The summed E-state index contributed by atoms with van der Waals surface area (Å²) in [5.74, 6) is -1.20. The van der Waals surface area contributed by atoms with E-state index in [-0.39, 0.29) is 5.56 Å². The smallest absolute Gasteiger partial charge is 0.343 e. The van der Waals surface area contributed by atoms with E-state index < -0.39 is 11.5 Å². The molecular formula is C16H21N3O3. The first-order chi connectivity index (χ1) is 10.5. The van der Waals surface area contributed by atoms with Gasteiger partial charge >= 0.3 is 5.97 Å². The first-order valence-corrected chi connectivity index (χ1v) is 7.48. The van der Waals surface area contributed by atoms with Crippen molar-refractivity contribution < 1.29 is 9.90 Å². The number of carboxylic acids is 1. The van der Waals surface area contributed by atoms with Crippen LogP contribution in [0.2, 0.25) is 0 Å². The molecule has 2 heterocycles. The molecule has 0 spiro atoms. The molecule has 0 unspecified atom stereocenters. The maximum Gasteiger partial charge on any atom is 0.343 e. The van der Waals surface area contributed by atoms with Crippen molar-refractivity contribution >= 4 is 22.7 Å². The lowest BCUT2D eigenvalue weighted by molar-refractivity contribution is 0.0695. The van der Waals surface area contributed by atoms with Gasteiger partial charge in [-0.05, 0) is 39.8 Å². The van der Waals surface area contributed by atoms with Crippen LogP contribution in [0.3, 0.4) is 0 Å². The third kappa shape index (κ3) is 2.45. The van der Waals surface area contributed by atoms with E-state index in [1.807, 2.05) is 44.7 Å². The highest BCUT2D eigenvalue weighted by Crippen LogP contribution is 2.28. The quantitative estimate of drug-likeness (QED) is 0.917. The lowest BCUT2D eigenvalue weighted by Crippen LogP contribution is -2.33. The van der Waals surface area contributed by atoms with Gasteiger partial charge in [-0.15, -0.1) is 0 Å². The van der Waals surface area contributed by atoms with Crippen molar-refractivity contribution in [3.8, 4) is 0 Å². The maximum absolute atomic E-state index is 12.6. The van der Waals surface area contributed by atoms with Crippen molar-refractivity contribution in [3.63, 3.8) is 0 Å². The van der Waals surface area contributed by atoms with Gasteiger partial charge in [-0.1, -0.05) is 0 Å².